The van der Waals surface area contributed by atoms with Crippen LogP contribution in [0.3, 0.4) is 0 Å². The summed E-state index contributed by atoms with van der Waals surface area (Å²) < 4.78 is 2.03. The summed E-state index contributed by atoms with van der Waals surface area (Å²) in [6, 6.07) is 5.81. The molecular weight excluding hydrogens is 254 g/mol. The van der Waals surface area contributed by atoms with Gasteiger partial charge in [0.1, 0.15) is 17.5 Å². The van der Waals surface area contributed by atoms with E-state index in [1.165, 1.54) is 0 Å². The highest BCUT2D eigenvalue weighted by atomic mass is 16.2. The number of carbonyl (C=O) groups is 1. The van der Waals surface area contributed by atoms with Crippen LogP contribution in [0.2, 0.25) is 0 Å². The summed E-state index contributed by atoms with van der Waals surface area (Å²) >= 11 is 0. The van der Waals surface area contributed by atoms with Crippen molar-refractivity contribution in [2.24, 2.45) is 0 Å². The fourth-order valence-electron chi connectivity index (χ4n) is 2.66. The lowest BCUT2D eigenvalue weighted by molar-refractivity contribution is -0.130. The van der Waals surface area contributed by atoms with Gasteiger partial charge in [-0.25, -0.2) is 4.98 Å². The van der Waals surface area contributed by atoms with Gasteiger partial charge >= 0.3 is 0 Å². The highest BCUT2D eigenvalue weighted by Gasteiger charge is 2.30. The van der Waals surface area contributed by atoms with Gasteiger partial charge in [0, 0.05) is 46.1 Å². The zero-order chi connectivity index (χ0) is 14.1. The van der Waals surface area contributed by atoms with Gasteiger partial charge in [-0.05, 0) is 12.1 Å². The van der Waals surface area contributed by atoms with Crippen molar-refractivity contribution in [1.82, 2.24) is 19.6 Å². The molecule has 1 amide bonds. The highest BCUT2D eigenvalue weighted by molar-refractivity contribution is 5.85. The third kappa shape index (κ3) is 2.12. The van der Waals surface area contributed by atoms with Crippen LogP contribution in [0, 0.1) is 0 Å². The Hall–Kier alpha value is -2.08. The van der Waals surface area contributed by atoms with Crippen molar-refractivity contribution in [2.75, 3.05) is 38.6 Å². The van der Waals surface area contributed by atoms with E-state index in [4.69, 9.17) is 0 Å². The molecule has 3 rings (SSSR count). The van der Waals surface area contributed by atoms with Gasteiger partial charge in [0.25, 0.3) is 0 Å². The number of aromatic nitrogens is 2. The topological polar surface area (TPSA) is 52.9 Å². The first-order valence-electron chi connectivity index (χ1n) is 6.79. The Kier molecular flexibility index (Phi) is 3.31. The molecule has 2 aromatic heterocycles. The lowest BCUT2D eigenvalue weighted by Crippen LogP contribution is -2.58. The molecule has 1 unspecified atom stereocenters. The molecule has 20 heavy (non-hydrogen) atoms. The molecule has 3 heterocycles. The summed E-state index contributed by atoms with van der Waals surface area (Å²) in [5.41, 5.74) is 0.900. The van der Waals surface area contributed by atoms with Gasteiger partial charge < -0.3 is 15.1 Å². The van der Waals surface area contributed by atoms with Crippen LogP contribution in [-0.2, 0) is 4.79 Å². The van der Waals surface area contributed by atoms with Crippen molar-refractivity contribution in [3.63, 3.8) is 0 Å². The summed E-state index contributed by atoms with van der Waals surface area (Å²) in [7, 11) is 3.60. The van der Waals surface area contributed by atoms with Crippen molar-refractivity contribution in [3.05, 3.63) is 30.6 Å². The van der Waals surface area contributed by atoms with Crippen LogP contribution >= 0.6 is 0 Å². The summed E-state index contributed by atoms with van der Waals surface area (Å²) in [4.78, 5) is 20.5. The van der Waals surface area contributed by atoms with E-state index in [0.717, 1.165) is 24.6 Å². The summed E-state index contributed by atoms with van der Waals surface area (Å²) in [6.07, 6.45) is 3.72. The standard InChI is InChI=1S/C14H19N5O/c1-17(2)14(20)11-10-15-6-8-18(11)13-5-3-4-12-16-7-9-19(12)13/h3-5,7,9,11,15H,6,8,10H2,1-2H3. The Balaban J connectivity index is 2.01. The number of rotatable bonds is 2. The van der Waals surface area contributed by atoms with Crippen LogP contribution in [0.25, 0.3) is 5.65 Å². The molecule has 2 aromatic rings. The Morgan fingerprint density at radius 2 is 2.30 bits per heavy atom. The smallest absolute Gasteiger partial charge is 0.246 e. The fraction of sp³-hybridized carbons (Fsp3) is 0.429. The molecule has 0 spiro atoms. The number of pyridine rings is 1. The molecule has 0 bridgehead atoms. The molecule has 1 aliphatic heterocycles. The van der Waals surface area contributed by atoms with Gasteiger partial charge in [-0.2, -0.15) is 0 Å². The van der Waals surface area contributed by atoms with Crippen molar-refractivity contribution in [2.45, 2.75) is 6.04 Å². The van der Waals surface area contributed by atoms with E-state index in [1.54, 1.807) is 25.2 Å². The maximum absolute atomic E-state index is 12.4. The van der Waals surface area contributed by atoms with Crippen LogP contribution < -0.4 is 10.2 Å². The molecule has 1 N–H and O–H groups in total. The summed E-state index contributed by atoms with van der Waals surface area (Å²) in [5, 5.41) is 3.30. The van der Waals surface area contributed by atoms with Gasteiger partial charge in [-0.1, -0.05) is 6.07 Å². The van der Waals surface area contributed by atoms with Gasteiger partial charge in [-0.3, -0.25) is 9.20 Å². The molecule has 1 atom stereocenters. The third-order valence-electron chi connectivity index (χ3n) is 3.67. The maximum atomic E-state index is 12.4. The molecule has 6 nitrogen and oxygen atoms in total. The minimum absolute atomic E-state index is 0.120. The molecule has 0 aliphatic carbocycles. The minimum Gasteiger partial charge on any atom is -0.347 e. The number of piperazine rings is 1. The van der Waals surface area contributed by atoms with E-state index in [-0.39, 0.29) is 11.9 Å². The molecule has 1 fully saturated rings. The third-order valence-corrected chi connectivity index (χ3v) is 3.67. The van der Waals surface area contributed by atoms with Crippen LogP contribution in [0.5, 0.6) is 0 Å². The quantitative estimate of drug-likeness (QED) is 0.849. The second kappa shape index (κ2) is 5.13. The van der Waals surface area contributed by atoms with Crippen molar-refractivity contribution >= 4 is 17.4 Å². The number of nitrogens with one attached hydrogen (secondary N) is 1. The molecule has 0 radical (unpaired) electrons. The predicted octanol–water partition coefficient (Wildman–Crippen LogP) is 0.201. The lowest BCUT2D eigenvalue weighted by Gasteiger charge is -2.38. The second-order valence-electron chi connectivity index (χ2n) is 5.19. The zero-order valence-corrected chi connectivity index (χ0v) is 11.8. The monoisotopic (exact) mass is 273 g/mol. The van der Waals surface area contributed by atoms with Gasteiger partial charge in [0.2, 0.25) is 5.91 Å². The van der Waals surface area contributed by atoms with Crippen LogP contribution in [0.1, 0.15) is 0 Å². The van der Waals surface area contributed by atoms with E-state index in [9.17, 15) is 4.79 Å². The fourth-order valence-corrected chi connectivity index (χ4v) is 2.66. The average Bonchev–Trinajstić information content (AvgIpc) is 2.94. The number of imidazole rings is 1. The Labute approximate surface area is 118 Å². The first-order valence-corrected chi connectivity index (χ1v) is 6.79. The van der Waals surface area contributed by atoms with E-state index in [2.05, 4.69) is 15.2 Å². The number of amides is 1. The van der Waals surface area contributed by atoms with E-state index < -0.39 is 0 Å². The number of likely N-dealkylation sites (N-methyl/N-ethyl adjacent to an activating group) is 1. The van der Waals surface area contributed by atoms with E-state index >= 15 is 0 Å². The minimum atomic E-state index is -0.174. The van der Waals surface area contributed by atoms with E-state index in [1.807, 2.05) is 28.8 Å². The van der Waals surface area contributed by atoms with Gasteiger partial charge in [0.15, 0.2) is 0 Å². The van der Waals surface area contributed by atoms with Crippen molar-refractivity contribution in [3.8, 4) is 0 Å². The molecule has 6 heteroatoms. The Bertz CT molecular complexity index is 621. The highest BCUT2D eigenvalue weighted by Crippen LogP contribution is 2.20. The number of hydrogen-bond donors (Lipinski definition) is 1. The summed E-state index contributed by atoms with van der Waals surface area (Å²) in [5.74, 6) is 1.14. The lowest BCUT2D eigenvalue weighted by atomic mass is 10.1. The number of anilines is 1. The molecule has 1 saturated heterocycles. The normalized spacial score (nSPS) is 19.3. The first kappa shape index (κ1) is 12.9. The number of hydrogen-bond acceptors (Lipinski definition) is 4. The predicted molar refractivity (Wildman–Crippen MR) is 77.9 cm³/mol. The Morgan fingerprint density at radius 1 is 1.45 bits per heavy atom. The summed E-state index contributed by atoms with van der Waals surface area (Å²) in [6.45, 7) is 2.35. The van der Waals surface area contributed by atoms with Crippen LogP contribution in [0.15, 0.2) is 30.6 Å². The maximum Gasteiger partial charge on any atom is 0.246 e. The molecule has 1 aliphatic rings. The second-order valence-corrected chi connectivity index (χ2v) is 5.19. The largest absolute Gasteiger partial charge is 0.347 e. The SMILES string of the molecule is CN(C)C(=O)C1CNCCN1c1cccc2nccn12. The number of carbonyl (C=O) groups excluding carboxylic acids is 1. The van der Waals surface area contributed by atoms with Crippen LogP contribution in [0.4, 0.5) is 5.82 Å². The molecule has 106 valence electrons. The average molecular weight is 273 g/mol. The van der Waals surface area contributed by atoms with Crippen molar-refractivity contribution in [1.29, 1.82) is 0 Å². The zero-order valence-electron chi connectivity index (χ0n) is 11.8. The molecule has 0 aromatic carbocycles. The number of nitrogens with zero attached hydrogens (tertiary/aromatic N) is 4. The van der Waals surface area contributed by atoms with Crippen molar-refractivity contribution < 1.29 is 4.79 Å². The van der Waals surface area contributed by atoms with Gasteiger partial charge in [0.05, 0.1) is 0 Å². The molecule has 0 saturated carbocycles. The first-order chi connectivity index (χ1) is 9.68. The Morgan fingerprint density at radius 3 is 3.10 bits per heavy atom. The molecular formula is C14H19N5O. The van der Waals surface area contributed by atoms with E-state index in [0.29, 0.717) is 6.54 Å². The van der Waals surface area contributed by atoms with Crippen LogP contribution in [-0.4, -0.2) is 60.0 Å². The number of fused-ring (bicyclic) bond motifs is 1. The van der Waals surface area contributed by atoms with Gasteiger partial charge in [-0.15, -0.1) is 0 Å².